The first kappa shape index (κ1) is 11.8. The summed E-state index contributed by atoms with van der Waals surface area (Å²) in [5, 5.41) is 0. The van der Waals surface area contributed by atoms with Gasteiger partial charge in [-0.1, -0.05) is 0 Å². The fraction of sp³-hybridized carbons (Fsp3) is 0.667. The molecule has 12 heavy (non-hydrogen) atoms. The van der Waals surface area contributed by atoms with E-state index in [0.717, 1.165) is 4.41 Å². The SMILES string of the molecule is C/C=[C](\C(=O)OCC)[Ge]([CH3])([CH3])[CH3]. The van der Waals surface area contributed by atoms with Gasteiger partial charge in [-0.2, -0.15) is 0 Å². The molecule has 0 rings (SSSR count). The maximum atomic E-state index is 11.4. The van der Waals surface area contributed by atoms with Crippen LogP contribution in [0.2, 0.25) is 17.3 Å². The third kappa shape index (κ3) is 3.43. The fourth-order valence-corrected chi connectivity index (χ4v) is 4.32. The molecule has 0 bridgehead atoms. The van der Waals surface area contributed by atoms with Crippen LogP contribution in [-0.4, -0.2) is 25.8 Å². The van der Waals surface area contributed by atoms with Gasteiger partial charge in [-0.25, -0.2) is 0 Å². The third-order valence-corrected chi connectivity index (χ3v) is 6.02. The van der Waals surface area contributed by atoms with Gasteiger partial charge in [-0.15, -0.1) is 0 Å². The van der Waals surface area contributed by atoms with Crippen molar-refractivity contribution in [1.29, 1.82) is 0 Å². The Morgan fingerprint density at radius 2 is 1.92 bits per heavy atom. The van der Waals surface area contributed by atoms with Crippen LogP contribution in [0.5, 0.6) is 0 Å². The molecule has 0 aromatic carbocycles. The van der Waals surface area contributed by atoms with Crippen molar-refractivity contribution >= 4 is 19.2 Å². The molecule has 0 amide bonds. The number of carbonyl (C=O) groups excluding carboxylic acids is 1. The molecular formula is C9H18GeO2. The Bertz CT molecular complexity index is 189. The van der Waals surface area contributed by atoms with Crippen molar-refractivity contribution in [3.63, 3.8) is 0 Å². The van der Waals surface area contributed by atoms with Gasteiger partial charge in [0.15, 0.2) is 0 Å². The van der Waals surface area contributed by atoms with E-state index in [9.17, 15) is 4.79 Å². The zero-order valence-electron chi connectivity index (χ0n) is 8.60. The average Bonchev–Trinajstić information content (AvgIpc) is 1.85. The molecule has 0 aliphatic carbocycles. The van der Waals surface area contributed by atoms with E-state index in [-0.39, 0.29) is 5.97 Å². The summed E-state index contributed by atoms with van der Waals surface area (Å²) >= 11 is -1.98. The molecule has 0 heterocycles. The second-order valence-corrected chi connectivity index (χ2v) is 14.2. The summed E-state index contributed by atoms with van der Waals surface area (Å²) in [5.74, 6) is 6.44. The van der Waals surface area contributed by atoms with Crippen LogP contribution in [0.25, 0.3) is 0 Å². The normalized spacial score (nSPS) is 12.9. The van der Waals surface area contributed by atoms with Crippen LogP contribution in [0, 0.1) is 0 Å². The monoisotopic (exact) mass is 232 g/mol. The number of carbonyl (C=O) groups is 1. The summed E-state index contributed by atoms with van der Waals surface area (Å²) in [5.41, 5.74) is 0. The Kier molecular flexibility index (Phi) is 4.60. The summed E-state index contributed by atoms with van der Waals surface area (Å²) in [6, 6.07) is 0. The van der Waals surface area contributed by atoms with Crippen LogP contribution in [0.1, 0.15) is 13.8 Å². The Labute approximate surface area is 77.3 Å². The second kappa shape index (κ2) is 4.70. The van der Waals surface area contributed by atoms with E-state index < -0.39 is 13.3 Å². The van der Waals surface area contributed by atoms with Crippen molar-refractivity contribution in [1.82, 2.24) is 0 Å². The van der Waals surface area contributed by atoms with Gasteiger partial charge < -0.3 is 0 Å². The average molecular weight is 231 g/mol. The van der Waals surface area contributed by atoms with E-state index in [2.05, 4.69) is 17.3 Å². The standard InChI is InChI=1S/C9H18GeO2/c1-6-8(10(3,4)5)9(11)12-7-2/h6H,7H2,1-5H3/b8-6+. The fourth-order valence-electron chi connectivity index (χ4n) is 1.07. The summed E-state index contributed by atoms with van der Waals surface area (Å²) in [6.07, 6.45) is 1.90. The molecule has 2 nitrogen and oxygen atoms in total. The van der Waals surface area contributed by atoms with Crippen LogP contribution in [0.4, 0.5) is 0 Å². The Morgan fingerprint density at radius 1 is 1.42 bits per heavy atom. The predicted octanol–water partition coefficient (Wildman–Crippen LogP) is 2.37. The molecule has 0 N–H and O–H groups in total. The molecule has 0 aliphatic rings. The van der Waals surface area contributed by atoms with Gasteiger partial charge in [-0.05, 0) is 0 Å². The minimum absolute atomic E-state index is 0.118. The van der Waals surface area contributed by atoms with Gasteiger partial charge in [0.05, 0.1) is 0 Å². The van der Waals surface area contributed by atoms with E-state index in [1.165, 1.54) is 0 Å². The number of esters is 1. The first-order valence-electron chi connectivity index (χ1n) is 4.27. The quantitative estimate of drug-likeness (QED) is 0.423. The third-order valence-electron chi connectivity index (χ3n) is 1.59. The molecular weight excluding hydrogens is 213 g/mol. The number of hydrogen-bond acceptors (Lipinski definition) is 2. The Balaban J connectivity index is 4.49. The van der Waals surface area contributed by atoms with E-state index in [0.29, 0.717) is 6.61 Å². The van der Waals surface area contributed by atoms with Crippen molar-refractivity contribution in [2.24, 2.45) is 0 Å². The van der Waals surface area contributed by atoms with E-state index in [1.54, 1.807) is 0 Å². The van der Waals surface area contributed by atoms with Gasteiger partial charge in [0.25, 0.3) is 0 Å². The van der Waals surface area contributed by atoms with Gasteiger partial charge in [0.1, 0.15) is 0 Å². The molecule has 0 radical (unpaired) electrons. The zero-order chi connectivity index (χ0) is 9.78. The van der Waals surface area contributed by atoms with Gasteiger partial charge in [-0.3, -0.25) is 0 Å². The molecule has 70 valence electrons. The summed E-state index contributed by atoms with van der Waals surface area (Å²) in [7, 11) is 0. The topological polar surface area (TPSA) is 26.3 Å². The Hall–Kier alpha value is -0.247. The van der Waals surface area contributed by atoms with Crippen LogP contribution >= 0.6 is 0 Å². The van der Waals surface area contributed by atoms with Crippen LogP contribution in [0.15, 0.2) is 10.5 Å². The molecule has 0 aliphatic heterocycles. The predicted molar refractivity (Wildman–Crippen MR) is 53.7 cm³/mol. The summed E-state index contributed by atoms with van der Waals surface area (Å²) < 4.78 is 5.89. The van der Waals surface area contributed by atoms with Crippen molar-refractivity contribution in [2.75, 3.05) is 6.61 Å². The van der Waals surface area contributed by atoms with Crippen LogP contribution in [-0.2, 0) is 9.53 Å². The van der Waals surface area contributed by atoms with Crippen LogP contribution < -0.4 is 0 Å². The molecule has 0 atom stereocenters. The molecule has 0 aromatic heterocycles. The molecule has 0 aromatic rings. The number of hydrogen-bond donors (Lipinski definition) is 0. The molecule has 0 unspecified atom stereocenters. The molecule has 0 saturated heterocycles. The van der Waals surface area contributed by atoms with Crippen LogP contribution in [0.3, 0.4) is 0 Å². The van der Waals surface area contributed by atoms with E-state index >= 15 is 0 Å². The second-order valence-electron chi connectivity index (χ2n) is 3.67. The molecule has 0 fully saturated rings. The van der Waals surface area contributed by atoms with Gasteiger partial charge in [0, 0.05) is 0 Å². The van der Waals surface area contributed by atoms with E-state index in [4.69, 9.17) is 4.74 Å². The van der Waals surface area contributed by atoms with Crippen molar-refractivity contribution < 1.29 is 9.53 Å². The first-order chi connectivity index (χ1) is 5.43. The van der Waals surface area contributed by atoms with Crippen molar-refractivity contribution in [2.45, 2.75) is 31.1 Å². The maximum absolute atomic E-state index is 11.4. The van der Waals surface area contributed by atoms with Crippen molar-refractivity contribution in [3.05, 3.63) is 10.5 Å². The Morgan fingerprint density at radius 3 is 2.17 bits per heavy atom. The minimum atomic E-state index is -1.98. The number of ether oxygens (including phenoxy) is 1. The number of allylic oxidation sites excluding steroid dienone is 1. The van der Waals surface area contributed by atoms with Gasteiger partial charge >= 0.3 is 77.0 Å². The zero-order valence-corrected chi connectivity index (χ0v) is 10.7. The molecule has 3 heteroatoms. The van der Waals surface area contributed by atoms with E-state index in [1.807, 2.05) is 19.9 Å². The van der Waals surface area contributed by atoms with Crippen molar-refractivity contribution in [3.8, 4) is 0 Å². The molecule has 0 spiro atoms. The first-order valence-corrected chi connectivity index (χ1v) is 11.6. The number of rotatable bonds is 3. The summed E-state index contributed by atoms with van der Waals surface area (Å²) in [6.45, 7) is 4.21. The molecule has 0 saturated carbocycles. The summed E-state index contributed by atoms with van der Waals surface area (Å²) in [4.78, 5) is 11.4. The van der Waals surface area contributed by atoms with Gasteiger partial charge in [0.2, 0.25) is 0 Å².